The first-order chi connectivity index (χ1) is 9.22. The standard InChI is InChI=1S/C13H19N3O2S/c1-2-18-13(17)10-3-6-15-12(11(10)14)16-9-4-7-19-8-5-9/h3,6,9H,2,4-5,7-8,14H2,1H3,(H,15,16). The van der Waals surface area contributed by atoms with Gasteiger partial charge in [-0.2, -0.15) is 11.8 Å². The van der Waals surface area contributed by atoms with Gasteiger partial charge in [0.15, 0.2) is 0 Å². The first-order valence-electron chi connectivity index (χ1n) is 6.48. The van der Waals surface area contributed by atoms with E-state index < -0.39 is 5.97 Å². The normalized spacial score (nSPS) is 16.1. The Bertz CT molecular complexity index is 448. The highest BCUT2D eigenvalue weighted by atomic mass is 32.2. The first-order valence-corrected chi connectivity index (χ1v) is 7.63. The van der Waals surface area contributed by atoms with Gasteiger partial charge in [0.05, 0.1) is 17.9 Å². The highest BCUT2D eigenvalue weighted by Gasteiger charge is 2.18. The summed E-state index contributed by atoms with van der Waals surface area (Å²) in [5.41, 5.74) is 6.75. The molecule has 1 aliphatic rings. The van der Waals surface area contributed by atoms with Gasteiger partial charge in [-0.05, 0) is 37.3 Å². The van der Waals surface area contributed by atoms with E-state index in [1.54, 1.807) is 19.2 Å². The number of nitrogens with zero attached hydrogens (tertiary/aromatic N) is 1. The maximum absolute atomic E-state index is 11.7. The highest BCUT2D eigenvalue weighted by molar-refractivity contribution is 7.99. The molecule has 1 aromatic rings. The van der Waals surface area contributed by atoms with E-state index >= 15 is 0 Å². The minimum atomic E-state index is -0.398. The van der Waals surface area contributed by atoms with Crippen molar-refractivity contribution in [3.8, 4) is 0 Å². The van der Waals surface area contributed by atoms with Crippen LogP contribution < -0.4 is 11.1 Å². The molecular formula is C13H19N3O2S. The second kappa shape index (κ2) is 6.65. The molecule has 1 fully saturated rings. The van der Waals surface area contributed by atoms with Crippen molar-refractivity contribution in [2.45, 2.75) is 25.8 Å². The fourth-order valence-electron chi connectivity index (χ4n) is 2.01. The summed E-state index contributed by atoms with van der Waals surface area (Å²) in [4.78, 5) is 16.0. The van der Waals surface area contributed by atoms with Crippen LogP contribution in [0.3, 0.4) is 0 Å². The summed E-state index contributed by atoms with van der Waals surface area (Å²) in [6, 6.07) is 1.98. The van der Waals surface area contributed by atoms with Crippen LogP contribution in [0.1, 0.15) is 30.1 Å². The van der Waals surface area contributed by atoms with Crippen molar-refractivity contribution in [1.29, 1.82) is 0 Å². The molecule has 3 N–H and O–H groups in total. The molecule has 2 heterocycles. The first kappa shape index (κ1) is 14.0. The maximum Gasteiger partial charge on any atom is 0.340 e. The van der Waals surface area contributed by atoms with Crippen LogP contribution in [0, 0.1) is 0 Å². The Labute approximate surface area is 117 Å². The van der Waals surface area contributed by atoms with Gasteiger partial charge in [0, 0.05) is 12.2 Å². The summed E-state index contributed by atoms with van der Waals surface area (Å²) in [5.74, 6) is 2.48. The molecule has 0 radical (unpaired) electrons. The third-order valence-electron chi connectivity index (χ3n) is 3.05. The molecule has 0 aromatic carbocycles. The van der Waals surface area contributed by atoms with Crippen LogP contribution >= 0.6 is 11.8 Å². The smallest absolute Gasteiger partial charge is 0.340 e. The topological polar surface area (TPSA) is 77.2 Å². The number of rotatable bonds is 4. The lowest BCUT2D eigenvalue weighted by Gasteiger charge is -2.24. The van der Waals surface area contributed by atoms with E-state index in [0.717, 1.165) is 24.3 Å². The Morgan fingerprint density at radius 3 is 3.00 bits per heavy atom. The third-order valence-corrected chi connectivity index (χ3v) is 4.10. The molecule has 0 saturated carbocycles. The van der Waals surface area contributed by atoms with Gasteiger partial charge in [0.25, 0.3) is 0 Å². The van der Waals surface area contributed by atoms with Crippen molar-refractivity contribution >= 4 is 29.2 Å². The van der Waals surface area contributed by atoms with Gasteiger partial charge in [0.2, 0.25) is 0 Å². The lowest BCUT2D eigenvalue weighted by molar-refractivity contribution is 0.0527. The number of pyridine rings is 1. The molecule has 5 nitrogen and oxygen atoms in total. The Kier molecular flexibility index (Phi) is 4.90. The Morgan fingerprint density at radius 2 is 2.32 bits per heavy atom. The molecule has 2 rings (SSSR count). The molecule has 1 aromatic heterocycles. The maximum atomic E-state index is 11.7. The van der Waals surface area contributed by atoms with Crippen LogP contribution in [0.2, 0.25) is 0 Å². The van der Waals surface area contributed by atoms with E-state index in [-0.39, 0.29) is 0 Å². The lowest BCUT2D eigenvalue weighted by atomic mass is 10.1. The van der Waals surface area contributed by atoms with E-state index in [9.17, 15) is 4.79 Å². The highest BCUT2D eigenvalue weighted by Crippen LogP contribution is 2.25. The summed E-state index contributed by atoms with van der Waals surface area (Å²) in [7, 11) is 0. The van der Waals surface area contributed by atoms with Crippen molar-refractivity contribution in [3.63, 3.8) is 0 Å². The monoisotopic (exact) mass is 281 g/mol. The van der Waals surface area contributed by atoms with Gasteiger partial charge < -0.3 is 15.8 Å². The molecule has 0 atom stereocenters. The number of hydrogen-bond acceptors (Lipinski definition) is 6. The number of nitrogen functional groups attached to an aromatic ring is 1. The summed E-state index contributed by atoms with van der Waals surface area (Å²) in [6.07, 6.45) is 3.77. The van der Waals surface area contributed by atoms with Crippen LogP contribution in [0.4, 0.5) is 11.5 Å². The number of thioether (sulfide) groups is 1. The number of carbonyl (C=O) groups is 1. The van der Waals surface area contributed by atoms with E-state index in [2.05, 4.69) is 10.3 Å². The summed E-state index contributed by atoms with van der Waals surface area (Å²) >= 11 is 1.96. The molecule has 0 bridgehead atoms. The molecule has 0 amide bonds. The Balaban J connectivity index is 2.12. The molecular weight excluding hydrogens is 262 g/mol. The minimum Gasteiger partial charge on any atom is -0.462 e. The molecule has 1 aliphatic heterocycles. The average Bonchev–Trinajstić information content (AvgIpc) is 2.42. The van der Waals surface area contributed by atoms with Crippen molar-refractivity contribution in [3.05, 3.63) is 17.8 Å². The van der Waals surface area contributed by atoms with E-state index in [1.165, 1.54) is 0 Å². The quantitative estimate of drug-likeness (QED) is 0.823. The number of carbonyl (C=O) groups excluding carboxylic acids is 1. The predicted molar refractivity (Wildman–Crippen MR) is 78.6 cm³/mol. The molecule has 0 aliphatic carbocycles. The van der Waals surface area contributed by atoms with Crippen LogP contribution in [0.15, 0.2) is 12.3 Å². The summed E-state index contributed by atoms with van der Waals surface area (Å²) < 4.78 is 4.98. The summed E-state index contributed by atoms with van der Waals surface area (Å²) in [6.45, 7) is 2.11. The van der Waals surface area contributed by atoms with Crippen LogP contribution in [0.25, 0.3) is 0 Å². The van der Waals surface area contributed by atoms with Crippen molar-refractivity contribution in [2.24, 2.45) is 0 Å². The molecule has 19 heavy (non-hydrogen) atoms. The van der Waals surface area contributed by atoms with Crippen molar-refractivity contribution in [1.82, 2.24) is 4.98 Å². The number of aromatic nitrogens is 1. The fourth-order valence-corrected chi connectivity index (χ4v) is 3.12. The van der Waals surface area contributed by atoms with Crippen LogP contribution in [0.5, 0.6) is 0 Å². The van der Waals surface area contributed by atoms with Crippen molar-refractivity contribution in [2.75, 3.05) is 29.2 Å². The van der Waals surface area contributed by atoms with Gasteiger partial charge in [-0.3, -0.25) is 0 Å². The van der Waals surface area contributed by atoms with Crippen LogP contribution in [-0.4, -0.2) is 35.1 Å². The van der Waals surface area contributed by atoms with Gasteiger partial charge >= 0.3 is 5.97 Å². The molecule has 6 heteroatoms. The number of esters is 1. The van der Waals surface area contributed by atoms with Crippen molar-refractivity contribution < 1.29 is 9.53 Å². The number of anilines is 2. The zero-order valence-corrected chi connectivity index (χ0v) is 11.8. The Morgan fingerprint density at radius 1 is 1.58 bits per heavy atom. The zero-order chi connectivity index (χ0) is 13.7. The minimum absolute atomic E-state index is 0.337. The van der Waals surface area contributed by atoms with Gasteiger partial charge in [-0.15, -0.1) is 0 Å². The molecule has 1 saturated heterocycles. The fraction of sp³-hybridized carbons (Fsp3) is 0.538. The molecule has 0 unspecified atom stereocenters. The number of hydrogen-bond donors (Lipinski definition) is 2. The largest absolute Gasteiger partial charge is 0.462 e. The molecule has 104 valence electrons. The van der Waals surface area contributed by atoms with E-state index in [0.29, 0.717) is 29.7 Å². The van der Waals surface area contributed by atoms with Gasteiger partial charge in [-0.1, -0.05) is 0 Å². The average molecular weight is 281 g/mol. The summed E-state index contributed by atoms with van der Waals surface area (Å²) in [5, 5.41) is 3.33. The number of nitrogens with two attached hydrogens (primary N) is 1. The molecule has 0 spiro atoms. The van der Waals surface area contributed by atoms with Gasteiger partial charge in [-0.25, -0.2) is 9.78 Å². The number of nitrogens with one attached hydrogen (secondary N) is 1. The third kappa shape index (κ3) is 3.53. The second-order valence-electron chi connectivity index (χ2n) is 4.37. The SMILES string of the molecule is CCOC(=O)c1ccnc(NC2CCSCC2)c1N. The van der Waals surface area contributed by atoms with Gasteiger partial charge in [0.1, 0.15) is 5.82 Å². The van der Waals surface area contributed by atoms with Crippen LogP contribution in [-0.2, 0) is 4.74 Å². The van der Waals surface area contributed by atoms with E-state index in [4.69, 9.17) is 10.5 Å². The van der Waals surface area contributed by atoms with E-state index in [1.807, 2.05) is 11.8 Å². The number of ether oxygens (including phenoxy) is 1. The second-order valence-corrected chi connectivity index (χ2v) is 5.60. The lowest BCUT2D eigenvalue weighted by Crippen LogP contribution is -2.26. The predicted octanol–water partition coefficient (Wildman–Crippen LogP) is 2.15. The Hall–Kier alpha value is -1.43. The zero-order valence-electron chi connectivity index (χ0n) is 11.0.